The van der Waals surface area contributed by atoms with E-state index in [4.69, 9.17) is 10.2 Å². The predicted octanol–water partition coefficient (Wildman–Crippen LogP) is -0.691. The number of carbonyl (C=O) groups is 4. The predicted molar refractivity (Wildman–Crippen MR) is 51.7 cm³/mol. The Morgan fingerprint density at radius 3 is 2.18 bits per heavy atom. The van der Waals surface area contributed by atoms with Crippen LogP contribution in [-0.2, 0) is 19.2 Å². The highest BCUT2D eigenvalue weighted by atomic mass is 16.4. The summed E-state index contributed by atoms with van der Waals surface area (Å²) in [7, 11) is 0. The minimum atomic E-state index is -1.35. The van der Waals surface area contributed by atoms with Gasteiger partial charge < -0.3 is 10.2 Å². The second-order valence-electron chi connectivity index (χ2n) is 4.28. The van der Waals surface area contributed by atoms with Crippen LogP contribution in [0.1, 0.15) is 19.3 Å². The summed E-state index contributed by atoms with van der Waals surface area (Å²) in [6, 6.07) is -1.35. The van der Waals surface area contributed by atoms with Gasteiger partial charge in [-0.15, -0.1) is 0 Å². The number of amides is 2. The van der Waals surface area contributed by atoms with Gasteiger partial charge in [0, 0.05) is 6.42 Å². The minimum absolute atomic E-state index is 0.248. The third-order valence-electron chi connectivity index (χ3n) is 3.13. The second kappa shape index (κ2) is 3.83. The number of nitrogens with zero attached hydrogens (tertiary/aromatic N) is 1. The largest absolute Gasteiger partial charge is 0.481 e. The fourth-order valence-corrected chi connectivity index (χ4v) is 2.14. The number of hydrogen-bond donors (Lipinski definition) is 2. The van der Waals surface area contributed by atoms with E-state index in [1.807, 2.05) is 0 Å². The first-order valence-corrected chi connectivity index (χ1v) is 5.25. The van der Waals surface area contributed by atoms with E-state index in [1.54, 1.807) is 0 Å². The number of piperidine rings is 1. The highest BCUT2D eigenvalue weighted by Gasteiger charge is 2.61. The Bertz CT molecular complexity index is 397. The van der Waals surface area contributed by atoms with Gasteiger partial charge in [0.15, 0.2) is 0 Å². The average molecular weight is 241 g/mol. The summed E-state index contributed by atoms with van der Waals surface area (Å²) in [4.78, 5) is 45.4. The topological polar surface area (TPSA) is 112 Å². The van der Waals surface area contributed by atoms with Crippen LogP contribution in [0.3, 0.4) is 0 Å². The van der Waals surface area contributed by atoms with E-state index in [1.165, 1.54) is 0 Å². The third kappa shape index (κ3) is 1.88. The lowest BCUT2D eigenvalue weighted by Gasteiger charge is -2.23. The molecule has 0 aromatic heterocycles. The molecule has 0 spiro atoms. The third-order valence-corrected chi connectivity index (χ3v) is 3.13. The molecule has 0 bridgehead atoms. The van der Waals surface area contributed by atoms with Crippen LogP contribution in [0, 0.1) is 11.8 Å². The van der Waals surface area contributed by atoms with Crippen molar-refractivity contribution in [1.29, 1.82) is 0 Å². The summed E-state index contributed by atoms with van der Waals surface area (Å²) in [5, 5.41) is 17.4. The van der Waals surface area contributed by atoms with Gasteiger partial charge >= 0.3 is 11.9 Å². The highest BCUT2D eigenvalue weighted by Crippen LogP contribution is 2.47. The van der Waals surface area contributed by atoms with E-state index in [0.717, 1.165) is 4.90 Å². The van der Waals surface area contributed by atoms with E-state index in [2.05, 4.69) is 0 Å². The van der Waals surface area contributed by atoms with Crippen molar-refractivity contribution in [2.75, 3.05) is 0 Å². The maximum absolute atomic E-state index is 11.6. The van der Waals surface area contributed by atoms with Crippen LogP contribution in [-0.4, -0.2) is 44.9 Å². The summed E-state index contributed by atoms with van der Waals surface area (Å²) < 4.78 is 0. The van der Waals surface area contributed by atoms with E-state index < -0.39 is 29.8 Å². The summed E-state index contributed by atoms with van der Waals surface area (Å²) in [5.74, 6) is -4.17. The maximum Gasteiger partial charge on any atom is 0.326 e. The van der Waals surface area contributed by atoms with E-state index in [0.29, 0.717) is 6.42 Å². The van der Waals surface area contributed by atoms with E-state index in [-0.39, 0.29) is 24.7 Å². The fourth-order valence-electron chi connectivity index (χ4n) is 2.14. The Morgan fingerprint density at radius 1 is 1.24 bits per heavy atom. The second-order valence-corrected chi connectivity index (χ2v) is 4.28. The van der Waals surface area contributed by atoms with Crippen molar-refractivity contribution in [3.63, 3.8) is 0 Å². The van der Waals surface area contributed by atoms with Crippen molar-refractivity contribution in [1.82, 2.24) is 4.90 Å². The first kappa shape index (κ1) is 11.6. The van der Waals surface area contributed by atoms with Crippen LogP contribution >= 0.6 is 0 Å². The number of fused-ring (bicyclic) bond motifs is 1. The molecule has 1 aliphatic heterocycles. The van der Waals surface area contributed by atoms with E-state index in [9.17, 15) is 19.2 Å². The van der Waals surface area contributed by atoms with Gasteiger partial charge in [-0.3, -0.25) is 19.3 Å². The van der Waals surface area contributed by atoms with Gasteiger partial charge in [-0.05, 0) is 12.8 Å². The molecule has 2 rings (SSSR count). The molecule has 92 valence electrons. The molecule has 17 heavy (non-hydrogen) atoms. The quantitative estimate of drug-likeness (QED) is 0.616. The number of hydrogen-bond acceptors (Lipinski definition) is 4. The van der Waals surface area contributed by atoms with Crippen molar-refractivity contribution in [2.45, 2.75) is 25.3 Å². The van der Waals surface area contributed by atoms with Gasteiger partial charge in [-0.25, -0.2) is 4.79 Å². The van der Waals surface area contributed by atoms with Crippen molar-refractivity contribution >= 4 is 23.8 Å². The maximum atomic E-state index is 11.6. The normalized spacial score (nSPS) is 27.9. The molecule has 7 nitrogen and oxygen atoms in total. The van der Waals surface area contributed by atoms with Crippen LogP contribution in [0.4, 0.5) is 0 Å². The van der Waals surface area contributed by atoms with Crippen LogP contribution in [0.25, 0.3) is 0 Å². The monoisotopic (exact) mass is 241 g/mol. The molecule has 1 heterocycles. The summed E-state index contributed by atoms with van der Waals surface area (Å²) >= 11 is 0. The standard InChI is InChI=1S/C10H11NO6/c12-7(13)2-1-6(10(16)17)11-8(14)4-3-5(4)9(11)15/h4-6H,1-3H2,(H,12,13)(H,16,17). The number of carbonyl (C=O) groups excluding carboxylic acids is 2. The Balaban J connectivity index is 2.11. The Kier molecular flexibility index (Phi) is 2.60. The number of imide groups is 1. The Morgan fingerprint density at radius 2 is 1.76 bits per heavy atom. The van der Waals surface area contributed by atoms with Gasteiger partial charge in [0.05, 0.1) is 11.8 Å². The van der Waals surface area contributed by atoms with Crippen molar-refractivity contribution in [3.05, 3.63) is 0 Å². The Hall–Kier alpha value is -1.92. The van der Waals surface area contributed by atoms with Gasteiger partial charge in [-0.2, -0.15) is 0 Å². The smallest absolute Gasteiger partial charge is 0.326 e. The molecule has 2 fully saturated rings. The molecule has 1 saturated carbocycles. The molecule has 7 heteroatoms. The molecule has 0 radical (unpaired) electrons. The molecular weight excluding hydrogens is 230 g/mol. The fraction of sp³-hybridized carbons (Fsp3) is 0.600. The van der Waals surface area contributed by atoms with Crippen molar-refractivity contribution in [2.24, 2.45) is 11.8 Å². The lowest BCUT2D eigenvalue weighted by atomic mass is 10.1. The molecule has 0 aromatic carbocycles. The molecule has 3 atom stereocenters. The number of likely N-dealkylation sites (tertiary alicyclic amines) is 1. The lowest BCUT2D eigenvalue weighted by Crippen LogP contribution is -2.46. The number of carboxylic acids is 2. The van der Waals surface area contributed by atoms with Crippen molar-refractivity contribution < 1.29 is 29.4 Å². The SMILES string of the molecule is O=C(O)CCC(C(=O)O)N1C(=O)C2CC2C1=O. The Labute approximate surface area is 96.0 Å². The molecule has 2 amide bonds. The van der Waals surface area contributed by atoms with Gasteiger partial charge in [-0.1, -0.05) is 0 Å². The summed E-state index contributed by atoms with van der Waals surface area (Å²) in [5.41, 5.74) is 0. The molecule has 3 unspecified atom stereocenters. The zero-order valence-corrected chi connectivity index (χ0v) is 8.83. The van der Waals surface area contributed by atoms with Crippen molar-refractivity contribution in [3.8, 4) is 0 Å². The van der Waals surface area contributed by atoms with Crippen LogP contribution in [0.2, 0.25) is 0 Å². The molecule has 1 aliphatic carbocycles. The summed E-state index contributed by atoms with van der Waals surface area (Å²) in [6.45, 7) is 0. The zero-order valence-electron chi connectivity index (χ0n) is 8.83. The lowest BCUT2D eigenvalue weighted by molar-refractivity contribution is -0.156. The highest BCUT2D eigenvalue weighted by molar-refractivity contribution is 6.11. The van der Waals surface area contributed by atoms with Gasteiger partial charge in [0.25, 0.3) is 0 Å². The molecule has 2 N–H and O–H groups in total. The zero-order chi connectivity index (χ0) is 12.7. The molecule has 0 aromatic rings. The first-order valence-electron chi connectivity index (χ1n) is 5.25. The van der Waals surface area contributed by atoms with E-state index >= 15 is 0 Å². The average Bonchev–Trinajstić information content (AvgIpc) is 2.96. The molecular formula is C10H11NO6. The minimum Gasteiger partial charge on any atom is -0.481 e. The first-order chi connectivity index (χ1) is 7.93. The number of carboxylic acid groups (broad SMARTS) is 2. The van der Waals surface area contributed by atoms with Crippen LogP contribution in [0.5, 0.6) is 0 Å². The van der Waals surface area contributed by atoms with Crippen LogP contribution < -0.4 is 0 Å². The number of aliphatic carboxylic acids is 2. The summed E-state index contributed by atoms with van der Waals surface area (Å²) in [6.07, 6.45) is -0.135. The van der Waals surface area contributed by atoms with Gasteiger partial charge in [0.1, 0.15) is 6.04 Å². The molecule has 2 aliphatic rings. The van der Waals surface area contributed by atoms with Gasteiger partial charge in [0.2, 0.25) is 11.8 Å². The molecule has 1 saturated heterocycles. The van der Waals surface area contributed by atoms with Crippen LogP contribution in [0.15, 0.2) is 0 Å². The number of rotatable bonds is 5.